The molecule has 1 N–H and O–H groups in total. The number of hydrogen-bond acceptors (Lipinski definition) is 5. The average molecular weight is 418 g/mol. The highest BCUT2D eigenvalue weighted by molar-refractivity contribution is 7.89. The molecule has 156 valence electrons. The minimum absolute atomic E-state index is 0.225. The van der Waals surface area contributed by atoms with Gasteiger partial charge in [-0.15, -0.1) is 0 Å². The van der Waals surface area contributed by atoms with E-state index in [4.69, 9.17) is 4.42 Å². The number of piperidine rings is 2. The lowest BCUT2D eigenvalue weighted by Gasteiger charge is -2.31. The summed E-state index contributed by atoms with van der Waals surface area (Å²) in [6.07, 6.45) is 9.01. The molecule has 0 aliphatic carbocycles. The van der Waals surface area contributed by atoms with Crippen molar-refractivity contribution in [3.8, 4) is 0 Å². The second-order valence-corrected chi connectivity index (χ2v) is 9.60. The van der Waals surface area contributed by atoms with E-state index in [0.717, 1.165) is 50.9 Å². The number of rotatable bonds is 5. The molecule has 0 unspecified atom stereocenters. The van der Waals surface area contributed by atoms with Crippen LogP contribution in [0.2, 0.25) is 0 Å². The van der Waals surface area contributed by atoms with Crippen molar-refractivity contribution in [2.45, 2.75) is 43.4 Å². The van der Waals surface area contributed by atoms with Gasteiger partial charge in [0.05, 0.1) is 28.1 Å². The third-order valence-corrected chi connectivity index (χ3v) is 7.54. The highest BCUT2D eigenvalue weighted by atomic mass is 32.2. The van der Waals surface area contributed by atoms with Crippen LogP contribution in [0.3, 0.4) is 0 Å². The van der Waals surface area contributed by atoms with Gasteiger partial charge in [-0.05, 0) is 56.4 Å². The smallest absolute Gasteiger partial charge is 0.258 e. The first kappa shape index (κ1) is 20.0. The Morgan fingerprint density at radius 2 is 1.62 bits per heavy atom. The zero-order valence-corrected chi connectivity index (χ0v) is 17.3. The fourth-order valence-corrected chi connectivity index (χ4v) is 5.57. The van der Waals surface area contributed by atoms with Crippen molar-refractivity contribution >= 4 is 27.3 Å². The summed E-state index contributed by atoms with van der Waals surface area (Å²) < 4.78 is 32.8. The first-order chi connectivity index (χ1) is 14.1. The van der Waals surface area contributed by atoms with Gasteiger partial charge in [-0.3, -0.25) is 4.79 Å². The molecule has 8 heteroatoms. The van der Waals surface area contributed by atoms with Crippen LogP contribution in [0.15, 0.2) is 46.1 Å². The van der Waals surface area contributed by atoms with Gasteiger partial charge in [-0.25, -0.2) is 8.42 Å². The van der Waals surface area contributed by atoms with E-state index in [0.29, 0.717) is 24.3 Å². The molecule has 0 atom stereocenters. The lowest BCUT2D eigenvalue weighted by atomic mass is 10.1. The molecular weight excluding hydrogens is 390 g/mol. The largest absolute Gasteiger partial charge is 0.472 e. The Hall–Kier alpha value is -2.32. The fraction of sp³-hybridized carbons (Fsp3) is 0.476. The molecular formula is C21H27N3O4S. The Morgan fingerprint density at radius 1 is 0.931 bits per heavy atom. The molecule has 0 bridgehead atoms. The molecule has 0 spiro atoms. The summed E-state index contributed by atoms with van der Waals surface area (Å²) in [7, 11) is -3.58. The van der Waals surface area contributed by atoms with Crippen LogP contribution in [0.5, 0.6) is 0 Å². The second kappa shape index (κ2) is 8.59. The maximum Gasteiger partial charge on any atom is 0.258 e. The molecule has 2 fully saturated rings. The molecule has 1 amide bonds. The van der Waals surface area contributed by atoms with Crippen molar-refractivity contribution in [2.24, 2.45) is 0 Å². The summed E-state index contributed by atoms with van der Waals surface area (Å²) in [4.78, 5) is 15.1. The maximum absolute atomic E-state index is 13.1. The van der Waals surface area contributed by atoms with Gasteiger partial charge in [-0.1, -0.05) is 6.42 Å². The fourth-order valence-electron chi connectivity index (χ4n) is 4.03. The summed E-state index contributed by atoms with van der Waals surface area (Å²) >= 11 is 0. The second-order valence-electron chi connectivity index (χ2n) is 7.66. The SMILES string of the molecule is O=C(Nc1cc(S(=O)(=O)N2CCCCC2)ccc1N1CCCCC1)c1ccoc1. The van der Waals surface area contributed by atoms with Gasteiger partial charge in [0.2, 0.25) is 10.0 Å². The van der Waals surface area contributed by atoms with Gasteiger partial charge >= 0.3 is 0 Å². The predicted octanol–water partition coefficient (Wildman–Crippen LogP) is 3.70. The van der Waals surface area contributed by atoms with E-state index in [1.807, 2.05) is 6.07 Å². The molecule has 0 saturated carbocycles. The lowest BCUT2D eigenvalue weighted by molar-refractivity contribution is 0.102. The number of nitrogens with one attached hydrogen (secondary N) is 1. The highest BCUT2D eigenvalue weighted by Gasteiger charge is 2.27. The quantitative estimate of drug-likeness (QED) is 0.802. The van der Waals surface area contributed by atoms with Crippen LogP contribution in [0.1, 0.15) is 48.9 Å². The number of sulfonamides is 1. The molecule has 0 radical (unpaired) electrons. The van der Waals surface area contributed by atoms with Crippen molar-refractivity contribution < 1.29 is 17.6 Å². The number of amides is 1. The topological polar surface area (TPSA) is 82.9 Å². The minimum atomic E-state index is -3.58. The Morgan fingerprint density at radius 3 is 2.28 bits per heavy atom. The number of furan rings is 1. The summed E-state index contributed by atoms with van der Waals surface area (Å²) in [5.41, 5.74) is 1.79. The van der Waals surface area contributed by atoms with Crippen LogP contribution in [-0.4, -0.2) is 44.8 Å². The first-order valence-electron chi connectivity index (χ1n) is 10.3. The summed E-state index contributed by atoms with van der Waals surface area (Å²) in [6.45, 7) is 2.89. The molecule has 4 rings (SSSR count). The molecule has 3 heterocycles. The minimum Gasteiger partial charge on any atom is -0.472 e. The molecule has 2 saturated heterocycles. The van der Waals surface area contributed by atoms with Gasteiger partial charge < -0.3 is 14.6 Å². The Balaban J connectivity index is 1.68. The predicted molar refractivity (Wildman–Crippen MR) is 112 cm³/mol. The van der Waals surface area contributed by atoms with Crippen LogP contribution in [0.4, 0.5) is 11.4 Å². The third-order valence-electron chi connectivity index (χ3n) is 5.65. The van der Waals surface area contributed by atoms with Crippen molar-refractivity contribution in [3.63, 3.8) is 0 Å². The van der Waals surface area contributed by atoms with E-state index in [1.165, 1.54) is 18.9 Å². The van der Waals surface area contributed by atoms with Crippen molar-refractivity contribution in [2.75, 3.05) is 36.4 Å². The van der Waals surface area contributed by atoms with E-state index in [-0.39, 0.29) is 10.8 Å². The maximum atomic E-state index is 13.1. The molecule has 1 aromatic carbocycles. The summed E-state index contributed by atoms with van der Waals surface area (Å²) in [5.74, 6) is -0.315. The number of anilines is 2. The molecule has 1 aromatic heterocycles. The normalized spacial score (nSPS) is 18.6. The molecule has 2 aromatic rings. The highest BCUT2D eigenvalue weighted by Crippen LogP contribution is 2.33. The Kier molecular flexibility index (Phi) is 5.91. The van der Waals surface area contributed by atoms with Crippen LogP contribution in [-0.2, 0) is 10.0 Å². The summed E-state index contributed by atoms with van der Waals surface area (Å²) in [5, 5.41) is 2.90. The van der Waals surface area contributed by atoms with Crippen molar-refractivity contribution in [1.29, 1.82) is 0 Å². The lowest BCUT2D eigenvalue weighted by Crippen LogP contribution is -2.35. The number of hydrogen-bond donors (Lipinski definition) is 1. The van der Waals surface area contributed by atoms with E-state index >= 15 is 0 Å². The standard InChI is InChI=1S/C21H27N3O4S/c25-21(17-9-14-28-16-17)22-19-15-18(29(26,27)24-12-5-2-6-13-24)7-8-20(19)23-10-3-1-4-11-23/h7-9,14-16H,1-6,10-13H2,(H,22,25). The Bertz CT molecular complexity index is 944. The zero-order chi connectivity index (χ0) is 20.3. The van der Waals surface area contributed by atoms with Crippen LogP contribution >= 0.6 is 0 Å². The van der Waals surface area contributed by atoms with Crippen LogP contribution in [0, 0.1) is 0 Å². The number of benzene rings is 1. The first-order valence-corrected chi connectivity index (χ1v) is 11.7. The van der Waals surface area contributed by atoms with Gasteiger partial charge in [0.1, 0.15) is 6.26 Å². The van der Waals surface area contributed by atoms with Gasteiger partial charge in [0, 0.05) is 26.2 Å². The van der Waals surface area contributed by atoms with E-state index < -0.39 is 10.0 Å². The average Bonchev–Trinajstić information content (AvgIpc) is 3.30. The zero-order valence-electron chi connectivity index (χ0n) is 16.5. The van der Waals surface area contributed by atoms with Crippen molar-refractivity contribution in [3.05, 3.63) is 42.4 Å². The van der Waals surface area contributed by atoms with E-state index in [2.05, 4.69) is 10.2 Å². The molecule has 7 nitrogen and oxygen atoms in total. The van der Waals surface area contributed by atoms with E-state index in [9.17, 15) is 13.2 Å². The van der Waals surface area contributed by atoms with Gasteiger partial charge in [0.15, 0.2) is 0 Å². The van der Waals surface area contributed by atoms with E-state index in [1.54, 1.807) is 22.5 Å². The third kappa shape index (κ3) is 4.33. The Labute approximate surface area is 171 Å². The number of carbonyl (C=O) groups excluding carboxylic acids is 1. The van der Waals surface area contributed by atoms with Crippen LogP contribution in [0.25, 0.3) is 0 Å². The van der Waals surface area contributed by atoms with Gasteiger partial charge in [0.25, 0.3) is 5.91 Å². The molecule has 2 aliphatic rings. The van der Waals surface area contributed by atoms with Crippen molar-refractivity contribution in [1.82, 2.24) is 4.31 Å². The molecule has 29 heavy (non-hydrogen) atoms. The number of carbonyl (C=O) groups is 1. The van der Waals surface area contributed by atoms with Crippen LogP contribution < -0.4 is 10.2 Å². The molecule has 2 aliphatic heterocycles. The monoisotopic (exact) mass is 417 g/mol. The summed E-state index contributed by atoms with van der Waals surface area (Å²) in [6, 6.07) is 6.69. The number of nitrogens with zero attached hydrogens (tertiary/aromatic N) is 2. The van der Waals surface area contributed by atoms with Gasteiger partial charge in [-0.2, -0.15) is 4.31 Å².